The number of benzene rings is 1. The molecule has 144 valence electrons. The van der Waals surface area contributed by atoms with Gasteiger partial charge in [0, 0.05) is 19.1 Å². The van der Waals surface area contributed by atoms with Crippen molar-refractivity contribution in [1.82, 2.24) is 5.32 Å². The zero-order valence-corrected chi connectivity index (χ0v) is 16.3. The number of ether oxygens (including phenoxy) is 2. The number of hydrogen-bond donors (Lipinski definition) is 1. The van der Waals surface area contributed by atoms with Crippen molar-refractivity contribution in [3.05, 3.63) is 35.4 Å². The Morgan fingerprint density at radius 1 is 1.08 bits per heavy atom. The molecule has 2 saturated carbocycles. The standard InChI is InChI=1S/C23H35NO2/c1-2-25-22-16-19-10-6-7-11-21(19)23(26-22)14-12-20(13-15-23)24-17-18-8-4-3-5-9-18/h6-7,10-11,18,20,22,24H,2-5,8-9,12-17H2,1H3. The van der Waals surface area contributed by atoms with Gasteiger partial charge in [0.2, 0.25) is 0 Å². The second kappa shape index (κ2) is 8.41. The maximum absolute atomic E-state index is 6.57. The first-order valence-corrected chi connectivity index (χ1v) is 10.9. The van der Waals surface area contributed by atoms with Crippen molar-refractivity contribution in [3.63, 3.8) is 0 Å². The zero-order chi connectivity index (χ0) is 17.8. The quantitative estimate of drug-likeness (QED) is 0.810. The van der Waals surface area contributed by atoms with Crippen LogP contribution in [0.1, 0.15) is 75.8 Å². The normalized spacial score (nSPS) is 32.5. The minimum absolute atomic E-state index is 0.0818. The molecule has 3 aliphatic rings. The molecule has 1 N–H and O–H groups in total. The summed E-state index contributed by atoms with van der Waals surface area (Å²) in [5, 5.41) is 3.89. The fourth-order valence-electron chi connectivity index (χ4n) is 5.36. The summed E-state index contributed by atoms with van der Waals surface area (Å²) in [6.07, 6.45) is 12.6. The lowest BCUT2D eigenvalue weighted by Gasteiger charge is -2.46. The van der Waals surface area contributed by atoms with Gasteiger partial charge in [-0.3, -0.25) is 0 Å². The Morgan fingerprint density at radius 3 is 2.62 bits per heavy atom. The Kier molecular flexibility index (Phi) is 5.97. The van der Waals surface area contributed by atoms with Gasteiger partial charge in [0.05, 0.1) is 5.60 Å². The van der Waals surface area contributed by atoms with Gasteiger partial charge in [0.25, 0.3) is 0 Å². The molecule has 2 aliphatic carbocycles. The van der Waals surface area contributed by atoms with Crippen LogP contribution in [0.2, 0.25) is 0 Å². The molecule has 1 spiro atoms. The summed E-state index contributed by atoms with van der Waals surface area (Å²) in [5.74, 6) is 0.911. The van der Waals surface area contributed by atoms with E-state index in [9.17, 15) is 0 Å². The summed E-state index contributed by atoms with van der Waals surface area (Å²) in [6, 6.07) is 9.52. The first-order valence-electron chi connectivity index (χ1n) is 10.9. The fourth-order valence-corrected chi connectivity index (χ4v) is 5.36. The molecule has 3 heteroatoms. The summed E-state index contributed by atoms with van der Waals surface area (Å²) < 4.78 is 12.5. The molecule has 1 aromatic carbocycles. The maximum atomic E-state index is 6.57. The second-order valence-corrected chi connectivity index (χ2v) is 8.54. The van der Waals surface area contributed by atoms with Gasteiger partial charge in [-0.1, -0.05) is 43.5 Å². The Bertz CT molecular complexity index is 573. The van der Waals surface area contributed by atoms with Gasteiger partial charge < -0.3 is 14.8 Å². The molecule has 1 aliphatic heterocycles. The summed E-state index contributed by atoms with van der Waals surface area (Å²) in [4.78, 5) is 0. The summed E-state index contributed by atoms with van der Waals surface area (Å²) in [7, 11) is 0. The topological polar surface area (TPSA) is 30.5 Å². The molecule has 0 amide bonds. The first kappa shape index (κ1) is 18.5. The third-order valence-corrected chi connectivity index (χ3v) is 6.82. The highest BCUT2D eigenvalue weighted by molar-refractivity contribution is 5.35. The largest absolute Gasteiger partial charge is 0.353 e. The monoisotopic (exact) mass is 357 g/mol. The van der Waals surface area contributed by atoms with Crippen LogP contribution in [0.4, 0.5) is 0 Å². The van der Waals surface area contributed by atoms with Gasteiger partial charge in [0.15, 0.2) is 6.29 Å². The van der Waals surface area contributed by atoms with Crippen molar-refractivity contribution in [3.8, 4) is 0 Å². The lowest BCUT2D eigenvalue weighted by atomic mass is 9.74. The number of fused-ring (bicyclic) bond motifs is 2. The number of nitrogens with one attached hydrogen (secondary N) is 1. The van der Waals surface area contributed by atoms with Crippen molar-refractivity contribution in [2.45, 2.75) is 89.1 Å². The van der Waals surface area contributed by atoms with Crippen molar-refractivity contribution < 1.29 is 9.47 Å². The molecule has 2 fully saturated rings. The average molecular weight is 358 g/mol. The zero-order valence-electron chi connectivity index (χ0n) is 16.3. The molecule has 4 rings (SSSR count). The van der Waals surface area contributed by atoms with Crippen LogP contribution in [0, 0.1) is 5.92 Å². The van der Waals surface area contributed by atoms with Crippen LogP contribution in [-0.4, -0.2) is 25.5 Å². The minimum Gasteiger partial charge on any atom is -0.353 e. The lowest BCUT2D eigenvalue weighted by molar-refractivity contribution is -0.233. The van der Waals surface area contributed by atoms with Crippen molar-refractivity contribution in [1.29, 1.82) is 0 Å². The molecule has 1 heterocycles. The van der Waals surface area contributed by atoms with Crippen LogP contribution in [0.3, 0.4) is 0 Å². The SMILES string of the molecule is CCOC1Cc2ccccc2C2(CCC(NCC3CCCCC3)CC2)O1. The van der Waals surface area contributed by atoms with Gasteiger partial charge >= 0.3 is 0 Å². The van der Waals surface area contributed by atoms with Crippen LogP contribution >= 0.6 is 0 Å². The Labute approximate surface area is 158 Å². The van der Waals surface area contributed by atoms with E-state index >= 15 is 0 Å². The van der Waals surface area contributed by atoms with Crippen molar-refractivity contribution in [2.75, 3.05) is 13.2 Å². The van der Waals surface area contributed by atoms with Crippen molar-refractivity contribution >= 4 is 0 Å². The highest BCUT2D eigenvalue weighted by atomic mass is 16.7. The van der Waals surface area contributed by atoms with E-state index in [0.717, 1.165) is 25.2 Å². The van der Waals surface area contributed by atoms with Gasteiger partial charge in [-0.2, -0.15) is 0 Å². The number of hydrogen-bond acceptors (Lipinski definition) is 3. The Balaban J connectivity index is 1.38. The molecule has 0 radical (unpaired) electrons. The predicted octanol–water partition coefficient (Wildman–Crippen LogP) is 4.93. The molecular formula is C23H35NO2. The molecule has 0 bridgehead atoms. The van der Waals surface area contributed by atoms with E-state index in [4.69, 9.17) is 9.47 Å². The summed E-state index contributed by atoms with van der Waals surface area (Å²) in [5.41, 5.74) is 2.71. The minimum atomic E-state index is -0.127. The first-order chi connectivity index (χ1) is 12.8. The fraction of sp³-hybridized carbons (Fsp3) is 0.739. The van der Waals surface area contributed by atoms with Gasteiger partial charge in [-0.25, -0.2) is 0 Å². The van der Waals surface area contributed by atoms with Crippen LogP contribution in [-0.2, 0) is 21.5 Å². The van der Waals surface area contributed by atoms with Crippen molar-refractivity contribution in [2.24, 2.45) is 5.92 Å². The van der Waals surface area contributed by atoms with E-state index in [1.54, 1.807) is 0 Å². The molecule has 26 heavy (non-hydrogen) atoms. The highest BCUT2D eigenvalue weighted by Crippen LogP contribution is 2.46. The summed E-state index contributed by atoms with van der Waals surface area (Å²) >= 11 is 0. The molecule has 3 nitrogen and oxygen atoms in total. The average Bonchev–Trinajstić information content (AvgIpc) is 2.69. The van der Waals surface area contributed by atoms with E-state index < -0.39 is 0 Å². The highest BCUT2D eigenvalue weighted by Gasteiger charge is 2.44. The van der Waals surface area contributed by atoms with E-state index in [1.807, 2.05) is 0 Å². The van der Waals surface area contributed by atoms with Crippen LogP contribution in [0.15, 0.2) is 24.3 Å². The van der Waals surface area contributed by atoms with E-state index in [1.165, 1.54) is 62.6 Å². The van der Waals surface area contributed by atoms with Crippen LogP contribution in [0.25, 0.3) is 0 Å². The van der Waals surface area contributed by atoms with Gasteiger partial charge in [-0.05, 0) is 69.0 Å². The summed E-state index contributed by atoms with van der Waals surface area (Å²) in [6.45, 7) is 3.99. The second-order valence-electron chi connectivity index (χ2n) is 8.54. The number of rotatable bonds is 5. The molecule has 0 saturated heterocycles. The lowest BCUT2D eigenvalue weighted by Crippen LogP contribution is -2.47. The van der Waals surface area contributed by atoms with Crippen LogP contribution < -0.4 is 5.32 Å². The Hall–Kier alpha value is -0.900. The van der Waals surface area contributed by atoms with E-state index in [2.05, 4.69) is 36.5 Å². The van der Waals surface area contributed by atoms with E-state index in [-0.39, 0.29) is 11.9 Å². The molecule has 1 atom stereocenters. The van der Waals surface area contributed by atoms with E-state index in [0.29, 0.717) is 12.6 Å². The molecular weight excluding hydrogens is 322 g/mol. The molecule has 1 unspecified atom stereocenters. The Morgan fingerprint density at radius 2 is 1.85 bits per heavy atom. The molecule has 1 aromatic rings. The molecule has 0 aromatic heterocycles. The predicted molar refractivity (Wildman–Crippen MR) is 105 cm³/mol. The van der Waals surface area contributed by atoms with Gasteiger partial charge in [-0.15, -0.1) is 0 Å². The third kappa shape index (κ3) is 4.00. The van der Waals surface area contributed by atoms with Gasteiger partial charge in [0.1, 0.15) is 0 Å². The third-order valence-electron chi connectivity index (χ3n) is 6.82. The van der Waals surface area contributed by atoms with Crippen LogP contribution in [0.5, 0.6) is 0 Å². The smallest absolute Gasteiger partial charge is 0.162 e. The maximum Gasteiger partial charge on any atom is 0.162 e.